The van der Waals surface area contributed by atoms with Gasteiger partial charge in [0.05, 0.1) is 32.8 Å². The Bertz CT molecular complexity index is 6320. The number of esters is 1. The van der Waals surface area contributed by atoms with Gasteiger partial charge in [-0.15, -0.1) is 23.7 Å². The van der Waals surface area contributed by atoms with E-state index in [1.165, 1.54) is 25.3 Å². The largest absolute Gasteiger partial charge is 0.490 e. The lowest BCUT2D eigenvalue weighted by Crippen LogP contribution is -2.44. The Morgan fingerprint density at radius 2 is 0.671 bits per heavy atom. The predicted molar refractivity (Wildman–Crippen MR) is 468 cm³/mol. The molecule has 2 saturated carbocycles. The number of para-hydroxylation sites is 1. The lowest BCUT2D eigenvalue weighted by molar-refractivity contribution is -0.193. The molecule has 16 rings (SSSR count). The molecule has 5 aliphatic heterocycles. The summed E-state index contributed by atoms with van der Waals surface area (Å²) in [5.74, 6) is 13.8. The lowest BCUT2D eigenvalue weighted by atomic mass is 10.3. The van der Waals surface area contributed by atoms with Crippen LogP contribution in [0.2, 0.25) is 0 Å². The summed E-state index contributed by atoms with van der Waals surface area (Å²) >= 11 is 0. The molecule has 13 heterocycles. The first kappa shape index (κ1) is 108. The number of anilines is 4. The number of hydrogen-bond acceptors (Lipinski definition) is 32. The minimum absolute atomic E-state index is 0.0320. The van der Waals surface area contributed by atoms with E-state index in [0.29, 0.717) is 116 Å². The number of carboxylic acids is 5. The zero-order chi connectivity index (χ0) is 103. The van der Waals surface area contributed by atoms with E-state index >= 15 is 0 Å². The molecule has 0 bridgehead atoms. The summed E-state index contributed by atoms with van der Waals surface area (Å²) in [6.45, 7) is 21.7. The number of halogens is 12. The fourth-order valence-corrected chi connectivity index (χ4v) is 13.2. The molecule has 7 fully saturated rings. The van der Waals surface area contributed by atoms with Gasteiger partial charge in [-0.3, -0.25) is 60.5 Å². The number of imidazole rings is 4. The van der Waals surface area contributed by atoms with Crippen molar-refractivity contribution in [2.24, 2.45) is 33.9 Å². The van der Waals surface area contributed by atoms with Crippen LogP contribution in [0, 0.1) is 47.4 Å². The average Bonchev–Trinajstić information content (AvgIpc) is 1.67. The second-order valence-electron chi connectivity index (χ2n) is 30.4. The van der Waals surface area contributed by atoms with E-state index in [4.69, 9.17) is 69.0 Å². The molecule has 1 aromatic carbocycles. The van der Waals surface area contributed by atoms with Gasteiger partial charge >= 0.3 is 84.6 Å². The number of benzene rings is 1. The van der Waals surface area contributed by atoms with Crippen molar-refractivity contribution in [3.63, 3.8) is 0 Å². The van der Waals surface area contributed by atoms with Crippen LogP contribution in [0.3, 0.4) is 0 Å². The van der Waals surface area contributed by atoms with Gasteiger partial charge in [0.2, 0.25) is 35.5 Å². The van der Waals surface area contributed by atoms with Gasteiger partial charge in [0.15, 0.2) is 50.3 Å². The average molecular weight is 1990 g/mol. The Morgan fingerprint density at radius 3 is 0.914 bits per heavy atom. The normalized spacial score (nSPS) is 16.1. The first-order chi connectivity index (χ1) is 66.0. The first-order valence-corrected chi connectivity index (χ1v) is 42.0. The van der Waals surface area contributed by atoms with E-state index in [0.717, 1.165) is 111 Å². The number of fused-ring (bicyclic) bond motifs is 4. The molecule has 1 unspecified atom stereocenters. The summed E-state index contributed by atoms with van der Waals surface area (Å²) in [5.41, 5.74) is 4.66. The number of hydrogen-bond donors (Lipinski definition) is 10. The fraction of sp³-hybridized carbons (Fsp3) is 0.500. The number of aliphatic carboxylic acids is 5. The molecule has 140 heavy (non-hydrogen) atoms. The number of primary amides is 1. The lowest BCUT2D eigenvalue weighted by Gasteiger charge is -2.28. The molecular formula is C82H93F12N25O21. The molecule has 0 radical (unpaired) electrons. The van der Waals surface area contributed by atoms with Gasteiger partial charge in [0.25, 0.3) is 28.1 Å². The van der Waals surface area contributed by atoms with Crippen molar-refractivity contribution in [1.82, 2.24) is 97.7 Å². The number of nitrogens with one attached hydrogen (secondary N) is 4. The maximum Gasteiger partial charge on any atom is 0.490 e. The summed E-state index contributed by atoms with van der Waals surface area (Å²) < 4.78 is 167. The van der Waals surface area contributed by atoms with Gasteiger partial charge in [-0.2, -0.15) is 92.6 Å². The summed E-state index contributed by atoms with van der Waals surface area (Å²) in [7, 11) is 6.31. The summed E-state index contributed by atoms with van der Waals surface area (Å²) in [6, 6.07) is 9.55. The van der Waals surface area contributed by atoms with Crippen LogP contribution in [0.15, 0.2) is 49.5 Å². The predicted octanol–water partition coefficient (Wildman–Crippen LogP) is 1.66. The number of piperazine rings is 4. The van der Waals surface area contributed by atoms with Crippen LogP contribution in [0.4, 0.5) is 76.5 Å². The van der Waals surface area contributed by atoms with Gasteiger partial charge in [0.1, 0.15) is 5.75 Å². The number of carbonyl (C=O) groups is 7. The van der Waals surface area contributed by atoms with Crippen LogP contribution >= 0.6 is 0 Å². The highest BCUT2D eigenvalue weighted by molar-refractivity contribution is 5.87. The molecule has 11 N–H and O–H groups in total. The van der Waals surface area contributed by atoms with Crippen LogP contribution in [0.1, 0.15) is 59.8 Å². The fourth-order valence-electron chi connectivity index (χ4n) is 13.2. The van der Waals surface area contributed by atoms with E-state index in [1.807, 2.05) is 34.9 Å². The Labute approximate surface area is 782 Å². The number of cyclic esters (lactones) is 1. The monoisotopic (exact) mass is 1990 g/mol. The minimum atomic E-state index is -5.08. The summed E-state index contributed by atoms with van der Waals surface area (Å²) in [4.78, 5) is 168. The number of nitrogens with zero attached hydrogens (tertiary/aromatic N) is 20. The number of ether oxygens (including phenoxy) is 5. The topological polar surface area (TPSA) is 565 Å². The van der Waals surface area contributed by atoms with Crippen molar-refractivity contribution in [3.05, 3.63) is 71.7 Å². The van der Waals surface area contributed by atoms with Crippen LogP contribution in [0.5, 0.6) is 29.8 Å². The van der Waals surface area contributed by atoms with Crippen molar-refractivity contribution in [2.45, 2.75) is 128 Å². The maximum absolute atomic E-state index is 13.1. The zero-order valence-electron chi connectivity index (χ0n) is 75.7. The SMILES string of the molecule is CC#CCn1c(N2CCNCC2)nc2nc(OC3(C(=O)O)CC3)n(C)c(=O)c21.CC#CCn1c(N2CCNCC2)nc2nc(OC3(C(N)=O)CC3)n(C)c(=O)c21.CC#CCn1c(N2CCNCC2)nc2nc(OC3CCOC3=O)n(C)c(=O)c21.CC#CCn1c(N2CCNCC2)nc2nc(Oc3ccccc3)n(C)c(=O)c21.O=C(O)C(F)(F)F.O=C(O)C(F)(F)F.O=C(O)C(F)(F)F.O=C(O)C(F)(F)F. The third kappa shape index (κ3) is 27.1. The van der Waals surface area contributed by atoms with Crippen LogP contribution < -0.4 is 87.8 Å². The van der Waals surface area contributed by atoms with Crippen LogP contribution in [0.25, 0.3) is 44.7 Å². The molecule has 9 aromatic rings. The second-order valence-corrected chi connectivity index (χ2v) is 30.4. The van der Waals surface area contributed by atoms with E-state index in [1.54, 1.807) is 62.5 Å². The third-order valence-electron chi connectivity index (χ3n) is 20.8. The number of nitrogens with two attached hydrogens (primary N) is 1. The van der Waals surface area contributed by atoms with Crippen LogP contribution in [-0.4, -0.2) is 297 Å². The van der Waals surface area contributed by atoms with Gasteiger partial charge in [0, 0.05) is 165 Å². The Morgan fingerprint density at radius 1 is 0.414 bits per heavy atom. The molecule has 58 heteroatoms. The molecule has 0 spiro atoms. The van der Waals surface area contributed by atoms with E-state index in [-0.39, 0.29) is 63.2 Å². The number of rotatable bonds is 18. The molecule has 7 aliphatic rings. The smallest absolute Gasteiger partial charge is 0.478 e. The molecule has 2 aliphatic carbocycles. The molecule has 1 amide bonds. The third-order valence-corrected chi connectivity index (χ3v) is 20.8. The number of aromatic nitrogens is 16. The molecule has 5 saturated heterocycles. The Kier molecular flexibility index (Phi) is 36.0. The number of amides is 1. The Balaban J connectivity index is 0.000000191. The molecule has 8 aromatic heterocycles. The van der Waals surface area contributed by atoms with E-state index in [2.05, 4.69) is 128 Å². The van der Waals surface area contributed by atoms with Crippen molar-refractivity contribution < 1.29 is 135 Å². The van der Waals surface area contributed by atoms with Gasteiger partial charge < -0.3 is 95.8 Å². The highest BCUT2D eigenvalue weighted by Crippen LogP contribution is 2.41. The highest BCUT2D eigenvalue weighted by atomic mass is 19.4. The highest BCUT2D eigenvalue weighted by Gasteiger charge is 2.55. The maximum atomic E-state index is 13.1. The number of alkyl halides is 12. The van der Waals surface area contributed by atoms with E-state index < -0.39 is 83.7 Å². The van der Waals surface area contributed by atoms with Gasteiger partial charge in [-0.05, 0) is 39.8 Å². The second kappa shape index (κ2) is 46.6. The summed E-state index contributed by atoms with van der Waals surface area (Å²) in [5, 5.41) is 51.1. The van der Waals surface area contributed by atoms with Crippen molar-refractivity contribution in [3.8, 4) is 77.2 Å². The van der Waals surface area contributed by atoms with Gasteiger partial charge in [-0.1, -0.05) is 41.9 Å². The zero-order valence-corrected chi connectivity index (χ0v) is 75.7. The van der Waals surface area contributed by atoms with Crippen molar-refractivity contribution in [1.29, 1.82) is 0 Å². The molecule has 1 atom stereocenters. The van der Waals surface area contributed by atoms with E-state index in [9.17, 15) is 91.4 Å². The molecule has 756 valence electrons. The molecular weight excluding hydrogens is 1900 g/mol. The van der Waals surface area contributed by atoms with Crippen LogP contribution in [-0.2, 0) is 92.7 Å². The quantitative estimate of drug-likeness (QED) is 0.0332. The Hall–Kier alpha value is -15.5. The summed E-state index contributed by atoms with van der Waals surface area (Å²) in [6.07, 6.45) is -18.8. The van der Waals surface area contributed by atoms with Crippen molar-refractivity contribution >= 4 is 110 Å². The minimum Gasteiger partial charge on any atom is -0.478 e. The first-order valence-electron chi connectivity index (χ1n) is 42.0. The molecule has 46 nitrogen and oxygen atoms in total. The van der Waals surface area contributed by atoms with Crippen molar-refractivity contribution in [2.75, 3.05) is 131 Å². The number of carboxylic acid groups (broad SMARTS) is 5. The van der Waals surface area contributed by atoms with Gasteiger partial charge in [-0.25, -0.2) is 28.8 Å². The number of carbonyl (C=O) groups excluding carboxylic acids is 2. The standard InChI is InChI=1S/C20H22N6O2.C18H23N7O3.2C18H22N6O4.4C2HF3O2/c1-3-4-12-26-16-17(22-19(26)25-13-10-21-11-14-25)23-20(24(2)18(16)27)28-15-8-6-5-7-9-15;1-3-4-9-25-12-13(21-16(25)24-10-7-20-8-11-24)22-17(23(2)14(12)26)28-18(5-6-18)15(19)27;1-3-4-8-24-13-14(20-17(24)23-9-6-19-7-10-23)21-18(22(2)15(13)25)28-12-5-11-27-16(12)26;1-3-4-9-24-12-13(20-16(24)23-10-7-19-8-11-23)21-17(22(2)14(12)25)28-18(5-6-18)15(26)27;4*3-2(4,5)1(6)7/h5-9,21H,10-14H2,1-2H3;20H,5-11H2,1-2H3,(H2,19,27);12,19H,5-11H2,1-2H3;19H,5-11H2,1-2H3,(H,26,27);4*(H,6,7).